The molecule has 0 aliphatic heterocycles. The topological polar surface area (TPSA) is 95.3 Å². The maximum absolute atomic E-state index is 12.8. The Bertz CT molecular complexity index is 1090. The van der Waals surface area contributed by atoms with E-state index in [2.05, 4.69) is 15.5 Å². The number of rotatable bonds is 10. The predicted octanol–water partition coefficient (Wildman–Crippen LogP) is 3.93. The first-order chi connectivity index (χ1) is 15.8. The third kappa shape index (κ3) is 5.92. The molecular formula is C24H28N4O4S. The first-order valence-corrected chi connectivity index (χ1v) is 11.5. The zero-order chi connectivity index (χ0) is 24.0. The van der Waals surface area contributed by atoms with E-state index in [1.54, 1.807) is 62.8 Å². The standard InChI is InChI=1S/C24H28N4O4S/c1-15(2)21(25-23(30)17-8-12-19(32-5)13-9-17)22-26-27-24(28(22)3)33-14-20(29)16-6-10-18(31-4)11-7-16/h6-13,15,21H,14H2,1-5H3,(H,25,30)/t21-/m0/s1. The monoisotopic (exact) mass is 468 g/mol. The number of Topliss-reactive ketones (excluding diaryl/α,β-unsaturated/α-hetero) is 1. The number of carbonyl (C=O) groups is 2. The van der Waals surface area contributed by atoms with Crippen LogP contribution in [0.2, 0.25) is 0 Å². The van der Waals surface area contributed by atoms with Gasteiger partial charge in [-0.05, 0) is 54.4 Å². The van der Waals surface area contributed by atoms with Gasteiger partial charge in [-0.25, -0.2) is 0 Å². The Labute approximate surface area is 197 Å². The molecular weight excluding hydrogens is 440 g/mol. The van der Waals surface area contributed by atoms with E-state index in [0.717, 1.165) is 0 Å². The third-order valence-corrected chi connectivity index (χ3v) is 6.22. The summed E-state index contributed by atoms with van der Waals surface area (Å²) in [6, 6.07) is 13.6. The summed E-state index contributed by atoms with van der Waals surface area (Å²) < 4.78 is 12.1. The number of nitrogens with zero attached hydrogens (tertiary/aromatic N) is 3. The SMILES string of the molecule is COc1ccc(C(=O)CSc2nnc([C@@H](NC(=O)c3ccc(OC)cc3)C(C)C)n2C)cc1. The number of ketones is 1. The van der Waals surface area contributed by atoms with Crippen LogP contribution >= 0.6 is 11.8 Å². The van der Waals surface area contributed by atoms with E-state index < -0.39 is 0 Å². The molecule has 174 valence electrons. The van der Waals surface area contributed by atoms with Crippen molar-refractivity contribution in [3.8, 4) is 11.5 Å². The van der Waals surface area contributed by atoms with Crippen molar-refractivity contribution in [2.75, 3.05) is 20.0 Å². The van der Waals surface area contributed by atoms with Crippen LogP contribution in [0.1, 0.15) is 46.4 Å². The van der Waals surface area contributed by atoms with Gasteiger partial charge in [0.25, 0.3) is 5.91 Å². The molecule has 0 spiro atoms. The summed E-state index contributed by atoms with van der Waals surface area (Å²) >= 11 is 1.31. The van der Waals surface area contributed by atoms with Crippen molar-refractivity contribution in [1.82, 2.24) is 20.1 Å². The van der Waals surface area contributed by atoms with Crippen LogP contribution in [0.5, 0.6) is 11.5 Å². The molecule has 0 bridgehead atoms. The number of hydrogen-bond donors (Lipinski definition) is 1. The average molecular weight is 469 g/mol. The van der Waals surface area contributed by atoms with Crippen LogP contribution in [0, 0.1) is 5.92 Å². The van der Waals surface area contributed by atoms with Crippen molar-refractivity contribution in [2.24, 2.45) is 13.0 Å². The number of amides is 1. The Hall–Kier alpha value is -3.33. The number of hydrogen-bond acceptors (Lipinski definition) is 7. The lowest BCUT2D eigenvalue weighted by atomic mass is 10.0. The molecule has 0 aliphatic carbocycles. The summed E-state index contributed by atoms with van der Waals surface area (Å²) in [5.41, 5.74) is 1.14. The predicted molar refractivity (Wildman–Crippen MR) is 127 cm³/mol. The molecule has 2 aromatic carbocycles. The minimum atomic E-state index is -0.344. The highest BCUT2D eigenvalue weighted by Crippen LogP contribution is 2.25. The Morgan fingerprint density at radius 3 is 2.00 bits per heavy atom. The first kappa shape index (κ1) is 24.3. The van der Waals surface area contributed by atoms with Crippen LogP contribution < -0.4 is 14.8 Å². The van der Waals surface area contributed by atoms with Crippen molar-refractivity contribution in [2.45, 2.75) is 25.0 Å². The van der Waals surface area contributed by atoms with Crippen LogP contribution in [0.3, 0.4) is 0 Å². The van der Waals surface area contributed by atoms with Gasteiger partial charge >= 0.3 is 0 Å². The largest absolute Gasteiger partial charge is 0.497 e. The summed E-state index contributed by atoms with van der Waals surface area (Å²) in [5, 5.41) is 12.2. The summed E-state index contributed by atoms with van der Waals surface area (Å²) in [5.74, 6) is 2.10. The smallest absolute Gasteiger partial charge is 0.251 e. The maximum Gasteiger partial charge on any atom is 0.251 e. The fraction of sp³-hybridized carbons (Fsp3) is 0.333. The van der Waals surface area contributed by atoms with Crippen molar-refractivity contribution in [1.29, 1.82) is 0 Å². The molecule has 1 aromatic heterocycles. The molecule has 9 heteroatoms. The van der Waals surface area contributed by atoms with E-state index in [9.17, 15) is 9.59 Å². The van der Waals surface area contributed by atoms with Crippen molar-refractivity contribution in [3.63, 3.8) is 0 Å². The van der Waals surface area contributed by atoms with Gasteiger partial charge in [-0.3, -0.25) is 9.59 Å². The average Bonchev–Trinajstić information content (AvgIpc) is 3.20. The van der Waals surface area contributed by atoms with Gasteiger partial charge in [0, 0.05) is 18.2 Å². The van der Waals surface area contributed by atoms with Gasteiger partial charge in [0.2, 0.25) is 0 Å². The zero-order valence-electron chi connectivity index (χ0n) is 19.4. The molecule has 1 amide bonds. The Morgan fingerprint density at radius 2 is 1.48 bits per heavy atom. The van der Waals surface area contributed by atoms with Gasteiger partial charge in [-0.1, -0.05) is 25.6 Å². The second-order valence-electron chi connectivity index (χ2n) is 7.76. The molecule has 33 heavy (non-hydrogen) atoms. The van der Waals surface area contributed by atoms with Gasteiger partial charge in [0.05, 0.1) is 26.0 Å². The van der Waals surface area contributed by atoms with E-state index in [-0.39, 0.29) is 29.4 Å². The number of aromatic nitrogens is 3. The quantitative estimate of drug-likeness (QED) is 0.356. The van der Waals surface area contributed by atoms with Crippen LogP contribution in [0.15, 0.2) is 53.7 Å². The minimum Gasteiger partial charge on any atom is -0.497 e. The van der Waals surface area contributed by atoms with E-state index in [0.29, 0.717) is 33.6 Å². The highest BCUT2D eigenvalue weighted by Gasteiger charge is 2.25. The van der Waals surface area contributed by atoms with Crippen LogP contribution in [-0.4, -0.2) is 46.4 Å². The third-order valence-electron chi connectivity index (χ3n) is 5.20. The van der Waals surface area contributed by atoms with Crippen LogP contribution in [0.25, 0.3) is 0 Å². The number of nitrogens with one attached hydrogen (secondary N) is 1. The van der Waals surface area contributed by atoms with Gasteiger partial charge < -0.3 is 19.4 Å². The number of ether oxygens (including phenoxy) is 2. The van der Waals surface area contributed by atoms with E-state index in [1.807, 2.05) is 25.5 Å². The van der Waals surface area contributed by atoms with E-state index in [4.69, 9.17) is 9.47 Å². The lowest BCUT2D eigenvalue weighted by molar-refractivity contribution is 0.0921. The van der Waals surface area contributed by atoms with Gasteiger partial charge in [0.1, 0.15) is 11.5 Å². The normalized spacial score (nSPS) is 11.8. The highest BCUT2D eigenvalue weighted by molar-refractivity contribution is 7.99. The molecule has 1 N–H and O–H groups in total. The fourth-order valence-electron chi connectivity index (χ4n) is 3.21. The van der Waals surface area contributed by atoms with E-state index >= 15 is 0 Å². The molecule has 0 fully saturated rings. The molecule has 1 atom stereocenters. The molecule has 0 aliphatic rings. The maximum atomic E-state index is 12.8. The fourth-order valence-corrected chi connectivity index (χ4v) is 4.02. The summed E-state index contributed by atoms with van der Waals surface area (Å²) in [4.78, 5) is 25.3. The summed E-state index contributed by atoms with van der Waals surface area (Å²) in [6.07, 6.45) is 0. The molecule has 0 saturated heterocycles. The molecule has 3 rings (SSSR count). The second-order valence-corrected chi connectivity index (χ2v) is 8.71. The van der Waals surface area contributed by atoms with Crippen molar-refractivity contribution in [3.05, 3.63) is 65.5 Å². The summed E-state index contributed by atoms with van der Waals surface area (Å²) in [7, 11) is 5.00. The lowest BCUT2D eigenvalue weighted by Gasteiger charge is -2.21. The van der Waals surface area contributed by atoms with Crippen molar-refractivity contribution >= 4 is 23.5 Å². The number of carbonyl (C=O) groups excluding carboxylic acids is 2. The van der Waals surface area contributed by atoms with Crippen molar-refractivity contribution < 1.29 is 19.1 Å². The van der Waals surface area contributed by atoms with Crippen LogP contribution in [0.4, 0.5) is 0 Å². The van der Waals surface area contributed by atoms with Gasteiger partial charge in [-0.2, -0.15) is 0 Å². The first-order valence-electron chi connectivity index (χ1n) is 10.5. The lowest BCUT2D eigenvalue weighted by Crippen LogP contribution is -2.33. The Kier molecular flexibility index (Phi) is 8.11. The summed E-state index contributed by atoms with van der Waals surface area (Å²) in [6.45, 7) is 4.02. The number of thioether (sulfide) groups is 1. The van der Waals surface area contributed by atoms with Crippen LogP contribution in [-0.2, 0) is 7.05 Å². The van der Waals surface area contributed by atoms with Gasteiger partial charge in [-0.15, -0.1) is 10.2 Å². The van der Waals surface area contributed by atoms with Gasteiger partial charge in [0.15, 0.2) is 16.8 Å². The minimum absolute atomic E-state index is 0.0135. The zero-order valence-corrected chi connectivity index (χ0v) is 20.2. The second kappa shape index (κ2) is 11.0. The molecule has 0 saturated carbocycles. The Balaban J connectivity index is 1.69. The highest BCUT2D eigenvalue weighted by atomic mass is 32.2. The van der Waals surface area contributed by atoms with E-state index in [1.165, 1.54) is 11.8 Å². The molecule has 3 aromatic rings. The molecule has 1 heterocycles. The number of benzene rings is 2. The number of methoxy groups -OCH3 is 2. The molecule has 0 radical (unpaired) electrons. The molecule has 0 unspecified atom stereocenters. The Morgan fingerprint density at radius 1 is 0.939 bits per heavy atom. The molecule has 8 nitrogen and oxygen atoms in total.